The maximum atomic E-state index is 5.95. The van der Waals surface area contributed by atoms with Gasteiger partial charge in [-0.25, -0.2) is 0 Å². The molecule has 0 saturated heterocycles. The van der Waals surface area contributed by atoms with Crippen LogP contribution < -0.4 is 11.1 Å². The molecule has 0 bridgehead atoms. The zero-order valence-corrected chi connectivity index (χ0v) is 10.2. The smallest absolute Gasteiger partial charge is 0.0636 e. The summed E-state index contributed by atoms with van der Waals surface area (Å²) < 4.78 is 0. The molecule has 3 heteroatoms. The number of nitrogens with two attached hydrogens (primary N) is 1. The van der Waals surface area contributed by atoms with Crippen molar-refractivity contribution in [3.8, 4) is 0 Å². The highest BCUT2D eigenvalue weighted by Gasteiger charge is 2.08. The maximum absolute atomic E-state index is 5.95. The second kappa shape index (κ2) is 5.71. The standard InChI is InChI=1S/C14H15ClN2/c15-12-7-4-8-13(9-12)17-14(10-16)11-5-2-1-3-6-11/h1-9,14,17H,10,16H2. The average Bonchev–Trinajstić information content (AvgIpc) is 2.37. The Bertz CT molecular complexity index is 471. The second-order valence-corrected chi connectivity index (χ2v) is 4.29. The third kappa shape index (κ3) is 3.22. The van der Waals surface area contributed by atoms with Crippen LogP contribution in [0, 0.1) is 0 Å². The Morgan fingerprint density at radius 2 is 1.82 bits per heavy atom. The Morgan fingerprint density at radius 1 is 1.06 bits per heavy atom. The fourth-order valence-electron chi connectivity index (χ4n) is 1.74. The van der Waals surface area contributed by atoms with Crippen LogP contribution in [0.25, 0.3) is 0 Å². The molecular weight excluding hydrogens is 232 g/mol. The fourth-order valence-corrected chi connectivity index (χ4v) is 1.93. The average molecular weight is 247 g/mol. The Labute approximate surface area is 106 Å². The summed E-state index contributed by atoms with van der Waals surface area (Å²) in [4.78, 5) is 0. The maximum Gasteiger partial charge on any atom is 0.0636 e. The van der Waals surface area contributed by atoms with Crippen molar-refractivity contribution in [2.24, 2.45) is 5.73 Å². The first-order valence-electron chi connectivity index (χ1n) is 5.56. The van der Waals surface area contributed by atoms with E-state index in [4.69, 9.17) is 17.3 Å². The van der Waals surface area contributed by atoms with E-state index in [0.717, 1.165) is 10.7 Å². The normalized spacial score (nSPS) is 12.1. The van der Waals surface area contributed by atoms with Crippen molar-refractivity contribution in [2.45, 2.75) is 6.04 Å². The molecule has 0 heterocycles. The largest absolute Gasteiger partial charge is 0.377 e. The minimum atomic E-state index is 0.106. The van der Waals surface area contributed by atoms with Gasteiger partial charge in [0.1, 0.15) is 0 Å². The van der Waals surface area contributed by atoms with Gasteiger partial charge in [-0.05, 0) is 23.8 Å². The highest BCUT2D eigenvalue weighted by atomic mass is 35.5. The number of benzene rings is 2. The van der Waals surface area contributed by atoms with Crippen LogP contribution >= 0.6 is 11.6 Å². The summed E-state index contributed by atoms with van der Waals surface area (Å²) >= 11 is 5.95. The van der Waals surface area contributed by atoms with Crippen LogP contribution in [0.15, 0.2) is 54.6 Å². The number of hydrogen-bond acceptors (Lipinski definition) is 2. The van der Waals surface area contributed by atoms with Crippen molar-refractivity contribution < 1.29 is 0 Å². The first-order valence-corrected chi connectivity index (χ1v) is 5.94. The van der Waals surface area contributed by atoms with E-state index in [1.165, 1.54) is 5.56 Å². The Hall–Kier alpha value is -1.51. The molecule has 0 saturated carbocycles. The highest BCUT2D eigenvalue weighted by molar-refractivity contribution is 6.30. The number of anilines is 1. The van der Waals surface area contributed by atoms with Crippen molar-refractivity contribution >= 4 is 17.3 Å². The van der Waals surface area contributed by atoms with Crippen LogP contribution in [-0.4, -0.2) is 6.54 Å². The third-order valence-electron chi connectivity index (χ3n) is 2.60. The van der Waals surface area contributed by atoms with E-state index in [1.54, 1.807) is 0 Å². The molecule has 0 aliphatic rings. The van der Waals surface area contributed by atoms with Gasteiger partial charge in [-0.1, -0.05) is 48.0 Å². The lowest BCUT2D eigenvalue weighted by Crippen LogP contribution is -2.20. The molecule has 0 aliphatic carbocycles. The number of hydrogen-bond donors (Lipinski definition) is 2. The first kappa shape index (κ1) is 12.0. The van der Waals surface area contributed by atoms with E-state index in [0.29, 0.717) is 6.54 Å². The molecule has 17 heavy (non-hydrogen) atoms. The summed E-state index contributed by atoms with van der Waals surface area (Å²) in [5, 5.41) is 4.10. The quantitative estimate of drug-likeness (QED) is 0.867. The molecule has 0 fully saturated rings. The Morgan fingerprint density at radius 3 is 2.47 bits per heavy atom. The lowest BCUT2D eigenvalue weighted by molar-refractivity contribution is 0.790. The van der Waals surface area contributed by atoms with Gasteiger partial charge in [0.05, 0.1) is 6.04 Å². The summed E-state index contributed by atoms with van der Waals surface area (Å²) in [6.45, 7) is 0.538. The fraction of sp³-hybridized carbons (Fsp3) is 0.143. The molecule has 1 unspecified atom stereocenters. The number of rotatable bonds is 4. The Kier molecular flexibility index (Phi) is 4.02. The van der Waals surface area contributed by atoms with Gasteiger partial charge in [-0.3, -0.25) is 0 Å². The van der Waals surface area contributed by atoms with Crippen molar-refractivity contribution in [1.82, 2.24) is 0 Å². The third-order valence-corrected chi connectivity index (χ3v) is 2.84. The van der Waals surface area contributed by atoms with Gasteiger partial charge in [0.2, 0.25) is 0 Å². The molecule has 1 atom stereocenters. The zero-order chi connectivity index (χ0) is 12.1. The molecule has 2 aromatic rings. The lowest BCUT2D eigenvalue weighted by Gasteiger charge is -2.18. The molecule has 88 valence electrons. The SMILES string of the molecule is NCC(Nc1cccc(Cl)c1)c1ccccc1. The van der Waals surface area contributed by atoms with E-state index in [1.807, 2.05) is 42.5 Å². The predicted molar refractivity (Wildman–Crippen MR) is 73.3 cm³/mol. The molecule has 0 aliphatic heterocycles. The molecular formula is C14H15ClN2. The summed E-state index contributed by atoms with van der Waals surface area (Å²) in [7, 11) is 0. The summed E-state index contributed by atoms with van der Waals surface area (Å²) in [6, 6.07) is 17.9. The molecule has 3 N–H and O–H groups in total. The molecule has 0 spiro atoms. The van der Waals surface area contributed by atoms with Gasteiger partial charge in [-0.15, -0.1) is 0 Å². The molecule has 2 nitrogen and oxygen atoms in total. The molecule has 2 aromatic carbocycles. The topological polar surface area (TPSA) is 38.0 Å². The highest BCUT2D eigenvalue weighted by Crippen LogP contribution is 2.21. The van der Waals surface area contributed by atoms with Crippen molar-refractivity contribution in [1.29, 1.82) is 0 Å². The van der Waals surface area contributed by atoms with E-state index < -0.39 is 0 Å². The molecule has 0 amide bonds. The lowest BCUT2D eigenvalue weighted by atomic mass is 10.1. The predicted octanol–water partition coefficient (Wildman–Crippen LogP) is 3.45. The van der Waals surface area contributed by atoms with Crippen LogP contribution in [0.3, 0.4) is 0 Å². The molecule has 2 rings (SSSR count). The minimum Gasteiger partial charge on any atom is -0.377 e. The van der Waals surface area contributed by atoms with Crippen LogP contribution in [0.1, 0.15) is 11.6 Å². The Balaban J connectivity index is 2.16. The van der Waals surface area contributed by atoms with Gasteiger partial charge in [-0.2, -0.15) is 0 Å². The van der Waals surface area contributed by atoms with E-state index >= 15 is 0 Å². The van der Waals surface area contributed by atoms with Crippen LogP contribution in [0.2, 0.25) is 5.02 Å². The monoisotopic (exact) mass is 246 g/mol. The zero-order valence-electron chi connectivity index (χ0n) is 9.44. The minimum absolute atomic E-state index is 0.106. The molecule has 0 radical (unpaired) electrons. The van der Waals surface area contributed by atoms with E-state index in [-0.39, 0.29) is 6.04 Å². The van der Waals surface area contributed by atoms with E-state index in [2.05, 4.69) is 17.4 Å². The van der Waals surface area contributed by atoms with Crippen molar-refractivity contribution in [3.05, 3.63) is 65.2 Å². The summed E-state index contributed by atoms with van der Waals surface area (Å²) in [5.41, 5.74) is 7.95. The number of nitrogens with one attached hydrogen (secondary N) is 1. The summed E-state index contributed by atoms with van der Waals surface area (Å²) in [5.74, 6) is 0. The van der Waals surface area contributed by atoms with Gasteiger partial charge in [0, 0.05) is 17.3 Å². The van der Waals surface area contributed by atoms with Crippen molar-refractivity contribution in [2.75, 3.05) is 11.9 Å². The van der Waals surface area contributed by atoms with Gasteiger partial charge >= 0.3 is 0 Å². The first-order chi connectivity index (χ1) is 8.29. The van der Waals surface area contributed by atoms with Gasteiger partial charge in [0.25, 0.3) is 0 Å². The van der Waals surface area contributed by atoms with E-state index in [9.17, 15) is 0 Å². The second-order valence-electron chi connectivity index (χ2n) is 3.85. The van der Waals surface area contributed by atoms with Crippen LogP contribution in [0.5, 0.6) is 0 Å². The van der Waals surface area contributed by atoms with Gasteiger partial charge < -0.3 is 11.1 Å². The van der Waals surface area contributed by atoms with Crippen molar-refractivity contribution in [3.63, 3.8) is 0 Å². The molecule has 0 aromatic heterocycles. The van der Waals surface area contributed by atoms with Gasteiger partial charge in [0.15, 0.2) is 0 Å². The van der Waals surface area contributed by atoms with Crippen LogP contribution in [0.4, 0.5) is 5.69 Å². The summed E-state index contributed by atoms with van der Waals surface area (Å²) in [6.07, 6.45) is 0. The van der Waals surface area contributed by atoms with Crippen LogP contribution in [-0.2, 0) is 0 Å². The number of halogens is 1.